The number of piperidine rings is 1. The van der Waals surface area contributed by atoms with Crippen molar-refractivity contribution in [1.82, 2.24) is 9.80 Å². The van der Waals surface area contributed by atoms with E-state index in [0.717, 1.165) is 58.8 Å². The molecule has 1 amide bonds. The molecule has 3 atom stereocenters. The smallest absolute Gasteiger partial charge is 0.226 e. The number of hydrogen-bond donors (Lipinski definition) is 0. The van der Waals surface area contributed by atoms with Crippen LogP contribution in [0.25, 0.3) is 0 Å². The molecule has 2 aliphatic heterocycles. The number of nitrogens with zero attached hydrogens (tertiary/aromatic N) is 2. The van der Waals surface area contributed by atoms with E-state index in [1.54, 1.807) is 0 Å². The molecule has 25 heavy (non-hydrogen) atoms. The van der Waals surface area contributed by atoms with Crippen LogP contribution in [0.15, 0.2) is 24.3 Å². The summed E-state index contributed by atoms with van der Waals surface area (Å²) in [6, 6.07) is 8.67. The van der Waals surface area contributed by atoms with Crippen LogP contribution in [-0.2, 0) is 9.53 Å². The molecule has 4 rings (SSSR count). The van der Waals surface area contributed by atoms with Crippen molar-refractivity contribution in [3.05, 3.63) is 35.4 Å². The highest BCUT2D eigenvalue weighted by Gasteiger charge is 2.46. The van der Waals surface area contributed by atoms with Crippen molar-refractivity contribution in [3.8, 4) is 0 Å². The van der Waals surface area contributed by atoms with Crippen LogP contribution in [0.5, 0.6) is 0 Å². The molecule has 2 saturated heterocycles. The van der Waals surface area contributed by atoms with Gasteiger partial charge in [0, 0.05) is 38.6 Å². The van der Waals surface area contributed by atoms with Crippen LogP contribution in [0.3, 0.4) is 0 Å². The van der Waals surface area contributed by atoms with Crippen molar-refractivity contribution < 1.29 is 9.53 Å². The number of hydrogen-bond acceptors (Lipinski definition) is 3. The maximum Gasteiger partial charge on any atom is 0.226 e. The summed E-state index contributed by atoms with van der Waals surface area (Å²) in [6.07, 6.45) is 3.45. The average molecular weight is 342 g/mol. The van der Waals surface area contributed by atoms with Gasteiger partial charge in [-0.05, 0) is 43.6 Å². The number of morpholine rings is 1. The van der Waals surface area contributed by atoms with Gasteiger partial charge in [-0.3, -0.25) is 9.69 Å². The Balaban J connectivity index is 1.31. The summed E-state index contributed by atoms with van der Waals surface area (Å²) in [5, 5.41) is 0. The van der Waals surface area contributed by atoms with Gasteiger partial charge >= 0.3 is 0 Å². The zero-order chi connectivity index (χ0) is 17.2. The number of benzene rings is 1. The van der Waals surface area contributed by atoms with Crippen LogP contribution in [0.1, 0.15) is 36.3 Å². The second-order valence-corrected chi connectivity index (χ2v) is 8.07. The number of aryl methyl sites for hydroxylation is 1. The second-order valence-electron chi connectivity index (χ2n) is 8.07. The predicted octanol–water partition coefficient (Wildman–Crippen LogP) is 2.67. The lowest BCUT2D eigenvalue weighted by Gasteiger charge is -2.37. The maximum atomic E-state index is 13.0. The summed E-state index contributed by atoms with van der Waals surface area (Å²) in [7, 11) is 0. The molecular formula is C21H30N2O2. The molecule has 0 spiro atoms. The van der Waals surface area contributed by atoms with E-state index < -0.39 is 0 Å². The van der Waals surface area contributed by atoms with Gasteiger partial charge in [0.05, 0.1) is 13.2 Å². The van der Waals surface area contributed by atoms with Gasteiger partial charge in [-0.15, -0.1) is 0 Å². The molecule has 0 N–H and O–H groups in total. The molecule has 1 aromatic rings. The molecule has 4 heteroatoms. The summed E-state index contributed by atoms with van der Waals surface area (Å²) in [5.74, 6) is 1.71. The minimum Gasteiger partial charge on any atom is -0.379 e. The van der Waals surface area contributed by atoms with E-state index in [9.17, 15) is 4.79 Å². The number of rotatable bonds is 4. The van der Waals surface area contributed by atoms with Crippen LogP contribution in [0, 0.1) is 18.8 Å². The van der Waals surface area contributed by atoms with Crippen LogP contribution >= 0.6 is 0 Å². The topological polar surface area (TPSA) is 32.8 Å². The fourth-order valence-corrected chi connectivity index (χ4v) is 4.53. The van der Waals surface area contributed by atoms with Crippen molar-refractivity contribution in [2.75, 3.05) is 45.9 Å². The second kappa shape index (κ2) is 7.46. The van der Waals surface area contributed by atoms with Gasteiger partial charge in [0.1, 0.15) is 0 Å². The molecule has 0 bridgehead atoms. The zero-order valence-corrected chi connectivity index (χ0v) is 15.3. The first-order valence-electron chi connectivity index (χ1n) is 9.86. The molecule has 4 nitrogen and oxygen atoms in total. The van der Waals surface area contributed by atoms with Crippen LogP contribution in [-0.4, -0.2) is 61.6 Å². The third-order valence-corrected chi connectivity index (χ3v) is 6.03. The average Bonchev–Trinajstić information content (AvgIpc) is 3.43. The molecule has 136 valence electrons. The van der Waals surface area contributed by atoms with E-state index in [-0.39, 0.29) is 5.92 Å². The highest BCUT2D eigenvalue weighted by Crippen LogP contribution is 2.48. The van der Waals surface area contributed by atoms with Crippen LogP contribution in [0.2, 0.25) is 0 Å². The fourth-order valence-electron chi connectivity index (χ4n) is 4.53. The van der Waals surface area contributed by atoms with E-state index in [4.69, 9.17) is 4.74 Å². The minimum atomic E-state index is 0.226. The van der Waals surface area contributed by atoms with Gasteiger partial charge in [0.2, 0.25) is 5.91 Å². The van der Waals surface area contributed by atoms with Crippen molar-refractivity contribution in [1.29, 1.82) is 0 Å². The lowest BCUT2D eigenvalue weighted by Crippen LogP contribution is -2.46. The van der Waals surface area contributed by atoms with Crippen molar-refractivity contribution in [2.24, 2.45) is 11.8 Å². The Morgan fingerprint density at radius 2 is 2.08 bits per heavy atom. The number of carbonyl (C=O) groups is 1. The SMILES string of the molecule is Cc1cccc(C2CC2C(=O)N2CCCC(CN3CCOCC3)C2)c1. The quantitative estimate of drug-likeness (QED) is 0.843. The number of ether oxygens (including phenoxy) is 1. The number of amides is 1. The Labute approximate surface area is 151 Å². The summed E-state index contributed by atoms with van der Waals surface area (Å²) in [5.41, 5.74) is 2.64. The molecule has 0 radical (unpaired) electrons. The molecule has 1 saturated carbocycles. The Bertz CT molecular complexity index is 612. The lowest BCUT2D eigenvalue weighted by atomic mass is 9.96. The van der Waals surface area contributed by atoms with E-state index >= 15 is 0 Å². The largest absolute Gasteiger partial charge is 0.379 e. The normalized spacial score (nSPS) is 30.3. The van der Waals surface area contributed by atoms with Crippen molar-refractivity contribution in [3.63, 3.8) is 0 Å². The highest BCUT2D eigenvalue weighted by molar-refractivity contribution is 5.83. The molecule has 2 heterocycles. The molecule has 0 aromatic heterocycles. The van der Waals surface area contributed by atoms with Gasteiger partial charge in [-0.1, -0.05) is 29.8 Å². The van der Waals surface area contributed by atoms with E-state index in [2.05, 4.69) is 41.0 Å². The Morgan fingerprint density at radius 3 is 2.88 bits per heavy atom. The van der Waals surface area contributed by atoms with Gasteiger partial charge in [-0.2, -0.15) is 0 Å². The molecule has 1 aliphatic carbocycles. The first-order chi connectivity index (χ1) is 12.2. The summed E-state index contributed by atoms with van der Waals surface area (Å²) >= 11 is 0. The fraction of sp³-hybridized carbons (Fsp3) is 0.667. The first kappa shape index (κ1) is 17.0. The highest BCUT2D eigenvalue weighted by atomic mass is 16.5. The Kier molecular flexibility index (Phi) is 5.09. The third kappa shape index (κ3) is 4.06. The zero-order valence-electron chi connectivity index (χ0n) is 15.3. The number of likely N-dealkylation sites (tertiary alicyclic amines) is 1. The lowest BCUT2D eigenvalue weighted by molar-refractivity contribution is -0.134. The molecule has 3 unspecified atom stereocenters. The molecule has 3 aliphatic rings. The van der Waals surface area contributed by atoms with Crippen molar-refractivity contribution >= 4 is 5.91 Å². The van der Waals surface area contributed by atoms with Gasteiger partial charge in [-0.25, -0.2) is 0 Å². The Morgan fingerprint density at radius 1 is 1.24 bits per heavy atom. The van der Waals surface area contributed by atoms with Gasteiger partial charge < -0.3 is 9.64 Å². The minimum absolute atomic E-state index is 0.226. The monoisotopic (exact) mass is 342 g/mol. The molecule has 3 fully saturated rings. The summed E-state index contributed by atoms with van der Waals surface area (Å²) in [4.78, 5) is 17.6. The van der Waals surface area contributed by atoms with E-state index in [1.807, 2.05) is 0 Å². The molecule has 1 aromatic carbocycles. The summed E-state index contributed by atoms with van der Waals surface area (Å²) < 4.78 is 5.44. The van der Waals surface area contributed by atoms with Gasteiger partial charge in [0.25, 0.3) is 0 Å². The maximum absolute atomic E-state index is 13.0. The summed E-state index contributed by atoms with van der Waals surface area (Å²) in [6.45, 7) is 8.96. The standard InChI is InChI=1S/C21H30N2O2/c1-16-4-2-6-18(12-16)19-13-20(19)21(24)23-7-3-5-17(15-23)14-22-8-10-25-11-9-22/h2,4,6,12,17,19-20H,3,5,7-11,13-15H2,1H3. The third-order valence-electron chi connectivity index (χ3n) is 6.03. The number of carbonyl (C=O) groups excluding carboxylic acids is 1. The molecular weight excluding hydrogens is 312 g/mol. The van der Waals surface area contributed by atoms with E-state index in [0.29, 0.717) is 17.7 Å². The van der Waals surface area contributed by atoms with Crippen LogP contribution in [0.4, 0.5) is 0 Å². The van der Waals surface area contributed by atoms with Crippen molar-refractivity contribution in [2.45, 2.75) is 32.1 Å². The first-order valence-corrected chi connectivity index (χ1v) is 9.86. The Hall–Kier alpha value is -1.39. The predicted molar refractivity (Wildman–Crippen MR) is 98.6 cm³/mol. The van der Waals surface area contributed by atoms with E-state index in [1.165, 1.54) is 17.5 Å². The van der Waals surface area contributed by atoms with Gasteiger partial charge in [0.15, 0.2) is 0 Å². The van der Waals surface area contributed by atoms with Crippen LogP contribution < -0.4 is 0 Å².